The zero-order chi connectivity index (χ0) is 13.0. The van der Waals surface area contributed by atoms with Crippen molar-refractivity contribution in [1.29, 1.82) is 0 Å². The number of rotatable bonds is 4. The van der Waals surface area contributed by atoms with Crippen LogP contribution in [-0.2, 0) is 6.54 Å². The van der Waals surface area contributed by atoms with Gasteiger partial charge in [0.15, 0.2) is 0 Å². The van der Waals surface area contributed by atoms with Gasteiger partial charge in [0.05, 0.1) is 0 Å². The Morgan fingerprint density at radius 1 is 1.39 bits per heavy atom. The van der Waals surface area contributed by atoms with E-state index in [9.17, 15) is 5.11 Å². The van der Waals surface area contributed by atoms with Crippen molar-refractivity contribution in [3.8, 4) is 0 Å². The highest BCUT2D eigenvalue weighted by Crippen LogP contribution is 2.31. The van der Waals surface area contributed by atoms with Gasteiger partial charge in [-0.15, -0.1) is 0 Å². The second-order valence-corrected chi connectivity index (χ2v) is 5.75. The summed E-state index contributed by atoms with van der Waals surface area (Å²) >= 11 is 3.53. The van der Waals surface area contributed by atoms with Crippen LogP contribution in [-0.4, -0.2) is 24.3 Å². The molecule has 4 heteroatoms. The Hall–Kier alpha value is -0.580. The summed E-state index contributed by atoms with van der Waals surface area (Å²) in [7, 11) is 0. The molecule has 1 aliphatic rings. The number of nitrogens with zero attached hydrogens (tertiary/aromatic N) is 1. The summed E-state index contributed by atoms with van der Waals surface area (Å²) in [6.07, 6.45) is 4.49. The van der Waals surface area contributed by atoms with E-state index < -0.39 is 0 Å². The van der Waals surface area contributed by atoms with E-state index in [1.807, 2.05) is 6.07 Å². The lowest BCUT2D eigenvalue weighted by molar-refractivity contribution is 0.262. The molecule has 18 heavy (non-hydrogen) atoms. The summed E-state index contributed by atoms with van der Waals surface area (Å²) in [5.41, 5.74) is 8.25. The Morgan fingerprint density at radius 2 is 2.22 bits per heavy atom. The van der Waals surface area contributed by atoms with Crippen molar-refractivity contribution >= 4 is 21.6 Å². The van der Waals surface area contributed by atoms with Crippen molar-refractivity contribution in [3.63, 3.8) is 0 Å². The van der Waals surface area contributed by atoms with Gasteiger partial charge in [0, 0.05) is 35.9 Å². The second kappa shape index (κ2) is 6.55. The van der Waals surface area contributed by atoms with Crippen molar-refractivity contribution in [3.05, 3.63) is 28.2 Å². The molecule has 2 rings (SSSR count). The molecule has 0 spiro atoms. The molecule has 3 nitrogen and oxygen atoms in total. The molecule has 1 aromatic rings. The lowest BCUT2D eigenvalue weighted by atomic mass is 9.97. The Labute approximate surface area is 117 Å². The van der Waals surface area contributed by atoms with Crippen LogP contribution in [0, 0.1) is 0 Å². The number of hydrogen-bond donors (Lipinski definition) is 2. The van der Waals surface area contributed by atoms with E-state index in [2.05, 4.69) is 33.0 Å². The predicted octanol–water partition coefficient (Wildman–Crippen LogP) is 2.65. The molecule has 3 N–H and O–H groups in total. The van der Waals surface area contributed by atoms with Gasteiger partial charge in [0.2, 0.25) is 0 Å². The maximum Gasteiger partial charge on any atom is 0.0450 e. The van der Waals surface area contributed by atoms with E-state index in [0.29, 0.717) is 12.6 Å². The molecule has 1 atom stereocenters. The number of nitrogens with two attached hydrogens (primary N) is 1. The fraction of sp³-hybridized carbons (Fsp3) is 0.571. The predicted molar refractivity (Wildman–Crippen MR) is 78.7 cm³/mol. The summed E-state index contributed by atoms with van der Waals surface area (Å²) in [6, 6.07) is 6.72. The molecule has 100 valence electrons. The molecule has 1 aliphatic heterocycles. The fourth-order valence-electron chi connectivity index (χ4n) is 2.74. The van der Waals surface area contributed by atoms with Crippen molar-refractivity contribution in [2.75, 3.05) is 18.1 Å². The summed E-state index contributed by atoms with van der Waals surface area (Å²) in [6.45, 7) is 1.88. The average molecular weight is 313 g/mol. The number of hydrogen-bond acceptors (Lipinski definition) is 3. The highest BCUT2D eigenvalue weighted by atomic mass is 79.9. The first-order valence-electron chi connectivity index (χ1n) is 6.62. The van der Waals surface area contributed by atoms with Crippen LogP contribution >= 0.6 is 15.9 Å². The van der Waals surface area contributed by atoms with E-state index in [4.69, 9.17) is 5.73 Å². The van der Waals surface area contributed by atoms with E-state index in [0.717, 1.165) is 23.9 Å². The second-order valence-electron chi connectivity index (χ2n) is 4.83. The third-order valence-electron chi connectivity index (χ3n) is 3.67. The maximum atomic E-state index is 9.20. The zero-order valence-corrected chi connectivity index (χ0v) is 12.2. The Balaban J connectivity index is 2.29. The first-order chi connectivity index (χ1) is 8.76. The van der Waals surface area contributed by atoms with Crippen LogP contribution in [0.4, 0.5) is 5.69 Å². The Morgan fingerprint density at radius 3 is 2.94 bits per heavy atom. The first-order valence-corrected chi connectivity index (χ1v) is 7.41. The molecule has 0 radical (unpaired) electrons. The monoisotopic (exact) mass is 312 g/mol. The summed E-state index contributed by atoms with van der Waals surface area (Å²) in [5, 5.41) is 9.20. The molecule has 0 saturated carbocycles. The largest absolute Gasteiger partial charge is 0.396 e. The van der Waals surface area contributed by atoms with Crippen molar-refractivity contribution in [1.82, 2.24) is 0 Å². The molecule has 1 saturated heterocycles. The Kier molecular flexibility index (Phi) is 5.03. The lowest BCUT2D eigenvalue weighted by Crippen LogP contribution is -2.40. The van der Waals surface area contributed by atoms with Crippen LogP contribution in [0.15, 0.2) is 22.7 Å². The van der Waals surface area contributed by atoms with Crippen LogP contribution in [0.5, 0.6) is 0 Å². The van der Waals surface area contributed by atoms with Crippen LogP contribution in [0.25, 0.3) is 0 Å². The minimum atomic E-state index is 0.257. The highest BCUT2D eigenvalue weighted by Gasteiger charge is 2.23. The number of anilines is 1. The lowest BCUT2D eigenvalue weighted by Gasteiger charge is -2.38. The van der Waals surface area contributed by atoms with E-state index in [1.54, 1.807) is 0 Å². The minimum Gasteiger partial charge on any atom is -0.396 e. The molecule has 0 aromatic heterocycles. The molecule has 1 aromatic carbocycles. The third-order valence-corrected chi connectivity index (χ3v) is 4.16. The van der Waals surface area contributed by atoms with Gasteiger partial charge in [-0.25, -0.2) is 0 Å². The molecule has 1 heterocycles. The number of aliphatic hydroxyl groups is 1. The maximum absolute atomic E-state index is 9.20. The number of halogens is 1. The van der Waals surface area contributed by atoms with Crippen LogP contribution < -0.4 is 10.6 Å². The third kappa shape index (κ3) is 3.05. The van der Waals surface area contributed by atoms with Gasteiger partial charge in [-0.2, -0.15) is 0 Å². The molecular weight excluding hydrogens is 292 g/mol. The van der Waals surface area contributed by atoms with E-state index in [-0.39, 0.29) is 6.61 Å². The average Bonchev–Trinajstić information content (AvgIpc) is 2.40. The number of piperidine rings is 1. The summed E-state index contributed by atoms with van der Waals surface area (Å²) in [5.74, 6) is 0. The van der Waals surface area contributed by atoms with Gasteiger partial charge < -0.3 is 15.7 Å². The zero-order valence-electron chi connectivity index (χ0n) is 10.6. The standard InChI is InChI=1S/C14H21BrN2O/c15-12-5-4-11(10-16)14(9-12)17-7-2-1-3-13(17)6-8-18/h4-5,9,13,18H,1-3,6-8,10,16H2. The molecular formula is C14H21BrN2O. The van der Waals surface area contributed by atoms with Crippen molar-refractivity contribution in [2.24, 2.45) is 5.73 Å². The van der Waals surface area contributed by atoms with Crippen molar-refractivity contribution < 1.29 is 5.11 Å². The van der Waals surface area contributed by atoms with Crippen LogP contribution in [0.2, 0.25) is 0 Å². The van der Waals surface area contributed by atoms with E-state index in [1.165, 1.54) is 24.1 Å². The fourth-order valence-corrected chi connectivity index (χ4v) is 3.09. The van der Waals surface area contributed by atoms with Gasteiger partial charge in [-0.05, 0) is 43.4 Å². The Bertz CT molecular complexity index is 395. The number of aliphatic hydroxyl groups excluding tert-OH is 1. The minimum absolute atomic E-state index is 0.257. The normalized spacial score (nSPS) is 20.2. The molecule has 1 fully saturated rings. The van der Waals surface area contributed by atoms with Crippen molar-refractivity contribution in [2.45, 2.75) is 38.3 Å². The smallest absolute Gasteiger partial charge is 0.0450 e. The van der Waals surface area contributed by atoms with Gasteiger partial charge in [0.1, 0.15) is 0 Å². The quantitative estimate of drug-likeness (QED) is 0.898. The van der Waals surface area contributed by atoms with Gasteiger partial charge in [-0.1, -0.05) is 22.0 Å². The molecule has 0 bridgehead atoms. The van der Waals surface area contributed by atoms with Gasteiger partial charge in [-0.3, -0.25) is 0 Å². The summed E-state index contributed by atoms with van der Waals surface area (Å²) < 4.78 is 1.09. The molecule has 1 unspecified atom stereocenters. The molecule has 0 amide bonds. The van der Waals surface area contributed by atoms with Gasteiger partial charge >= 0.3 is 0 Å². The van der Waals surface area contributed by atoms with Crippen LogP contribution in [0.3, 0.4) is 0 Å². The SMILES string of the molecule is NCc1ccc(Br)cc1N1CCCCC1CCO. The van der Waals surface area contributed by atoms with Crippen LogP contribution in [0.1, 0.15) is 31.2 Å². The van der Waals surface area contributed by atoms with E-state index >= 15 is 0 Å². The van der Waals surface area contributed by atoms with Gasteiger partial charge in [0.25, 0.3) is 0 Å². The highest BCUT2D eigenvalue weighted by molar-refractivity contribution is 9.10. The number of benzene rings is 1. The first kappa shape index (κ1) is 13.8. The summed E-state index contributed by atoms with van der Waals surface area (Å²) in [4.78, 5) is 2.42. The molecule has 0 aliphatic carbocycles. The topological polar surface area (TPSA) is 49.5 Å².